The molecule has 1 saturated heterocycles. The first-order valence-corrected chi connectivity index (χ1v) is 11.0. The van der Waals surface area contributed by atoms with E-state index in [9.17, 15) is 23.5 Å². The molecule has 1 saturated carbocycles. The number of hydrogen-bond acceptors (Lipinski definition) is 4. The van der Waals surface area contributed by atoms with Gasteiger partial charge in [-0.1, -0.05) is 11.6 Å². The van der Waals surface area contributed by atoms with Crippen LogP contribution in [-0.4, -0.2) is 33.8 Å². The van der Waals surface area contributed by atoms with Gasteiger partial charge in [0.2, 0.25) is 5.92 Å². The van der Waals surface area contributed by atoms with Gasteiger partial charge in [-0.05, 0) is 44.4 Å². The molecule has 0 radical (unpaired) electrons. The Bertz CT molecular complexity index is 1190. The fourth-order valence-corrected chi connectivity index (χ4v) is 5.45. The Balaban J connectivity index is 1.58. The Kier molecular flexibility index (Phi) is 4.61. The van der Waals surface area contributed by atoms with Crippen molar-refractivity contribution in [2.24, 2.45) is 5.92 Å². The highest BCUT2D eigenvalue weighted by Gasteiger charge is 2.46. The number of aromatic carboxylic acids is 1. The summed E-state index contributed by atoms with van der Waals surface area (Å²) in [5, 5.41) is 11.9. The van der Waals surface area contributed by atoms with Crippen molar-refractivity contribution in [3.8, 4) is 17.0 Å². The summed E-state index contributed by atoms with van der Waals surface area (Å²) in [5.41, 5.74) is 1.09. The van der Waals surface area contributed by atoms with Crippen LogP contribution in [0.1, 0.15) is 61.5 Å². The first kappa shape index (κ1) is 21.2. The van der Waals surface area contributed by atoms with Crippen LogP contribution >= 0.6 is 11.6 Å². The van der Waals surface area contributed by atoms with Crippen molar-refractivity contribution in [2.45, 2.75) is 57.0 Å². The number of benzene rings is 1. The summed E-state index contributed by atoms with van der Waals surface area (Å²) in [4.78, 5) is 24.1. The van der Waals surface area contributed by atoms with Gasteiger partial charge in [0.15, 0.2) is 5.43 Å². The van der Waals surface area contributed by atoms with Crippen molar-refractivity contribution in [3.05, 3.63) is 50.8 Å². The second-order valence-electron chi connectivity index (χ2n) is 9.61. The number of rotatable bonds is 4. The quantitative estimate of drug-likeness (QED) is 0.700. The molecule has 1 aromatic carbocycles. The number of carboxylic acids is 1. The lowest BCUT2D eigenvalue weighted by Gasteiger charge is -2.44. The maximum Gasteiger partial charge on any atom is 0.341 e. The summed E-state index contributed by atoms with van der Waals surface area (Å²) < 4.78 is 33.9. The maximum absolute atomic E-state index is 13.1. The standard InChI is InChI=1S/C23H23ClF2N2O4/c1-22(2)4-3-17-14-6-20(32-11-12-8-23(25,26)9-12)16(24)5-13(14)18-7-19(29)15(21(30)31)10-27(18)28(17)22/h5-7,10,12,17H,3-4,8-9,11H2,1-2H3,(H,30,31)/t17-/m1/s1. The van der Waals surface area contributed by atoms with Crippen LogP contribution in [0.2, 0.25) is 5.02 Å². The minimum Gasteiger partial charge on any atom is -0.492 e. The molecule has 3 heterocycles. The summed E-state index contributed by atoms with van der Waals surface area (Å²) in [5.74, 6) is -3.64. The number of carboxylic acid groups (broad SMARTS) is 1. The van der Waals surface area contributed by atoms with Gasteiger partial charge in [0.05, 0.1) is 28.9 Å². The third kappa shape index (κ3) is 3.27. The number of pyridine rings is 1. The molecule has 6 nitrogen and oxygen atoms in total. The second-order valence-corrected chi connectivity index (χ2v) is 10.0. The van der Waals surface area contributed by atoms with Gasteiger partial charge in [-0.3, -0.25) is 14.5 Å². The van der Waals surface area contributed by atoms with Crippen LogP contribution in [0, 0.1) is 5.92 Å². The van der Waals surface area contributed by atoms with Crippen molar-refractivity contribution in [2.75, 3.05) is 11.6 Å². The van der Waals surface area contributed by atoms with Crippen LogP contribution < -0.4 is 15.2 Å². The smallest absolute Gasteiger partial charge is 0.341 e. The Morgan fingerprint density at radius 3 is 2.66 bits per heavy atom. The van der Waals surface area contributed by atoms with E-state index in [4.69, 9.17) is 16.3 Å². The minimum atomic E-state index is -2.60. The summed E-state index contributed by atoms with van der Waals surface area (Å²) in [7, 11) is 0. The Morgan fingerprint density at radius 1 is 1.28 bits per heavy atom. The third-order valence-corrected chi connectivity index (χ3v) is 7.12. The molecular formula is C23H23ClF2N2O4. The number of halogens is 3. The van der Waals surface area contributed by atoms with Gasteiger partial charge >= 0.3 is 5.97 Å². The number of alkyl halides is 2. The van der Waals surface area contributed by atoms with E-state index < -0.39 is 17.3 Å². The maximum atomic E-state index is 13.1. The molecule has 9 heteroatoms. The molecule has 2 aliphatic heterocycles. The fourth-order valence-electron chi connectivity index (χ4n) is 5.23. The number of nitrogens with zero attached hydrogens (tertiary/aromatic N) is 2. The summed E-state index contributed by atoms with van der Waals surface area (Å²) in [6, 6.07) is 4.83. The van der Waals surface area contributed by atoms with Gasteiger partial charge in [-0.2, -0.15) is 0 Å². The highest BCUT2D eigenvalue weighted by molar-refractivity contribution is 6.32. The number of ether oxygens (including phenoxy) is 1. The first-order chi connectivity index (χ1) is 15.0. The highest BCUT2D eigenvalue weighted by atomic mass is 35.5. The zero-order chi connectivity index (χ0) is 23.0. The normalized spacial score (nSPS) is 22.5. The Morgan fingerprint density at radius 2 is 2.00 bits per heavy atom. The largest absolute Gasteiger partial charge is 0.492 e. The van der Waals surface area contributed by atoms with Crippen molar-refractivity contribution >= 4 is 17.6 Å². The molecule has 32 heavy (non-hydrogen) atoms. The zero-order valence-electron chi connectivity index (χ0n) is 17.7. The van der Waals surface area contributed by atoms with E-state index in [0.29, 0.717) is 16.5 Å². The molecule has 3 aliphatic rings. The van der Waals surface area contributed by atoms with E-state index in [1.54, 1.807) is 10.7 Å². The van der Waals surface area contributed by atoms with E-state index >= 15 is 0 Å². The van der Waals surface area contributed by atoms with Gasteiger partial charge in [0.1, 0.15) is 11.3 Å². The number of aromatic nitrogens is 1. The van der Waals surface area contributed by atoms with Crippen LogP contribution in [0.5, 0.6) is 5.75 Å². The van der Waals surface area contributed by atoms with E-state index in [0.717, 1.165) is 24.0 Å². The van der Waals surface area contributed by atoms with Gasteiger partial charge in [-0.25, -0.2) is 13.6 Å². The Labute approximate surface area is 188 Å². The minimum absolute atomic E-state index is 0.0655. The van der Waals surface area contributed by atoms with Gasteiger partial charge in [-0.15, -0.1) is 0 Å². The zero-order valence-corrected chi connectivity index (χ0v) is 18.5. The molecule has 0 amide bonds. The molecule has 1 aromatic heterocycles. The number of hydrogen-bond donors (Lipinski definition) is 1. The third-order valence-electron chi connectivity index (χ3n) is 6.83. The average Bonchev–Trinajstić information content (AvgIpc) is 3.00. The molecular weight excluding hydrogens is 442 g/mol. The summed E-state index contributed by atoms with van der Waals surface area (Å²) in [6.07, 6.45) is 2.72. The lowest BCUT2D eigenvalue weighted by molar-refractivity contribution is -0.119. The topological polar surface area (TPSA) is 71.8 Å². The molecule has 1 atom stereocenters. The summed E-state index contributed by atoms with van der Waals surface area (Å²) >= 11 is 6.48. The lowest BCUT2D eigenvalue weighted by Crippen LogP contribution is -2.50. The second kappa shape index (κ2) is 6.94. The van der Waals surface area contributed by atoms with Crippen LogP contribution in [0.25, 0.3) is 11.3 Å². The summed E-state index contributed by atoms with van der Waals surface area (Å²) in [6.45, 7) is 4.32. The van der Waals surface area contributed by atoms with Crippen LogP contribution in [0.15, 0.2) is 29.2 Å². The number of carbonyl (C=O) groups is 1. The monoisotopic (exact) mass is 464 g/mol. The predicted molar refractivity (Wildman–Crippen MR) is 116 cm³/mol. The van der Waals surface area contributed by atoms with Gasteiger partial charge in [0.25, 0.3) is 0 Å². The first-order valence-electron chi connectivity index (χ1n) is 10.6. The van der Waals surface area contributed by atoms with Gasteiger partial charge < -0.3 is 9.84 Å². The van der Waals surface area contributed by atoms with Gasteiger partial charge in [0, 0.05) is 36.6 Å². The highest BCUT2D eigenvalue weighted by Crippen LogP contribution is 2.50. The van der Waals surface area contributed by atoms with Crippen LogP contribution in [0.3, 0.4) is 0 Å². The van der Waals surface area contributed by atoms with Crippen LogP contribution in [-0.2, 0) is 0 Å². The molecule has 1 N–H and O–H groups in total. The van der Waals surface area contributed by atoms with E-state index in [-0.39, 0.29) is 42.5 Å². The molecule has 5 rings (SSSR count). The predicted octanol–water partition coefficient (Wildman–Crippen LogP) is 4.86. The van der Waals surface area contributed by atoms with Crippen molar-refractivity contribution < 1.29 is 23.4 Å². The van der Waals surface area contributed by atoms with Crippen molar-refractivity contribution in [3.63, 3.8) is 0 Å². The van der Waals surface area contributed by atoms with Crippen molar-refractivity contribution in [1.29, 1.82) is 0 Å². The van der Waals surface area contributed by atoms with E-state index in [1.165, 1.54) is 12.3 Å². The SMILES string of the molecule is CC1(C)CC[C@@H]2c3cc(OCC4CC(F)(F)C4)c(Cl)cc3-c3cc(=O)c(C(=O)O)cn3N21. The average molecular weight is 465 g/mol. The molecule has 1 aliphatic carbocycles. The Hall–Kier alpha value is -2.61. The van der Waals surface area contributed by atoms with E-state index in [2.05, 4.69) is 18.9 Å². The molecule has 0 spiro atoms. The molecule has 0 unspecified atom stereocenters. The molecule has 2 fully saturated rings. The van der Waals surface area contributed by atoms with Crippen LogP contribution in [0.4, 0.5) is 8.78 Å². The molecule has 2 aromatic rings. The molecule has 0 bridgehead atoms. The lowest BCUT2D eigenvalue weighted by atomic mass is 9.82. The molecule has 170 valence electrons. The van der Waals surface area contributed by atoms with E-state index in [1.807, 2.05) is 6.07 Å². The number of fused-ring (bicyclic) bond motifs is 6. The van der Waals surface area contributed by atoms with Crippen molar-refractivity contribution in [1.82, 2.24) is 4.68 Å². The fraction of sp³-hybridized carbons (Fsp3) is 0.478.